The number of imidazole rings is 1. The highest BCUT2D eigenvalue weighted by molar-refractivity contribution is 5.88. The van der Waals surface area contributed by atoms with Gasteiger partial charge in [0.15, 0.2) is 5.52 Å². The maximum atomic E-state index is 14.8. The molecule has 0 spiro atoms. The number of para-hydroxylation sites is 1. The molecule has 0 bridgehead atoms. The largest absolute Gasteiger partial charge is 0.497 e. The molecular weight excluding hydrogens is 399 g/mol. The second kappa shape index (κ2) is 7.51. The van der Waals surface area contributed by atoms with Gasteiger partial charge in [-0.25, -0.2) is 18.2 Å². The molecule has 0 amide bonds. The normalized spacial score (nSPS) is 11.1. The van der Waals surface area contributed by atoms with Crippen LogP contribution in [0.1, 0.15) is 5.56 Å². The number of methoxy groups -OCH3 is 1. The van der Waals surface area contributed by atoms with Crippen molar-refractivity contribution in [2.24, 2.45) is 0 Å². The molecule has 0 saturated heterocycles. The number of benzene rings is 3. The van der Waals surface area contributed by atoms with Crippen molar-refractivity contribution in [1.82, 2.24) is 9.55 Å². The lowest BCUT2D eigenvalue weighted by Gasteiger charge is -2.12. The standard InChI is InChI=1S/C21H14F3N3O3/c1-30-12-8-9-13(17(24)10-12)21-25-20-18(6-3-7-19(20)27(28)29)26(21)11-14-15(22)4-2-5-16(14)23/h2-10H,11H2,1H3. The molecule has 0 aliphatic heterocycles. The highest BCUT2D eigenvalue weighted by atomic mass is 19.1. The van der Waals surface area contributed by atoms with Gasteiger partial charge in [0, 0.05) is 17.7 Å². The number of hydrogen-bond donors (Lipinski definition) is 0. The first-order valence-electron chi connectivity index (χ1n) is 8.81. The first-order chi connectivity index (χ1) is 14.4. The SMILES string of the molecule is COc1ccc(-c2nc3c([N+](=O)[O-])cccc3n2Cc2c(F)cccc2F)c(F)c1. The number of nitro benzene ring substituents is 1. The van der Waals surface area contributed by atoms with Gasteiger partial charge in [0.05, 0.1) is 29.7 Å². The third-order valence-corrected chi connectivity index (χ3v) is 4.75. The minimum atomic E-state index is -0.788. The first kappa shape index (κ1) is 19.4. The smallest absolute Gasteiger partial charge is 0.297 e. The quantitative estimate of drug-likeness (QED) is 0.338. The Morgan fingerprint density at radius 1 is 1.03 bits per heavy atom. The fourth-order valence-electron chi connectivity index (χ4n) is 3.29. The van der Waals surface area contributed by atoms with Gasteiger partial charge in [-0.15, -0.1) is 0 Å². The van der Waals surface area contributed by atoms with Gasteiger partial charge < -0.3 is 9.30 Å². The van der Waals surface area contributed by atoms with E-state index in [9.17, 15) is 23.3 Å². The summed E-state index contributed by atoms with van der Waals surface area (Å²) in [6.07, 6.45) is 0. The van der Waals surface area contributed by atoms with Crippen molar-refractivity contribution in [3.8, 4) is 17.1 Å². The van der Waals surface area contributed by atoms with Crippen molar-refractivity contribution in [3.05, 3.63) is 87.7 Å². The summed E-state index contributed by atoms with van der Waals surface area (Å²) in [5, 5.41) is 11.4. The molecule has 0 aliphatic rings. The summed E-state index contributed by atoms with van der Waals surface area (Å²) < 4.78 is 49.7. The molecule has 1 heterocycles. The van der Waals surface area contributed by atoms with E-state index in [1.165, 1.54) is 48.1 Å². The fourth-order valence-corrected chi connectivity index (χ4v) is 3.29. The fraction of sp³-hybridized carbons (Fsp3) is 0.0952. The monoisotopic (exact) mass is 413 g/mol. The first-order valence-corrected chi connectivity index (χ1v) is 8.81. The zero-order chi connectivity index (χ0) is 21.4. The summed E-state index contributed by atoms with van der Waals surface area (Å²) in [7, 11) is 1.38. The molecule has 3 aromatic carbocycles. The molecule has 0 aliphatic carbocycles. The van der Waals surface area contributed by atoms with Crippen molar-refractivity contribution < 1.29 is 22.8 Å². The third kappa shape index (κ3) is 3.24. The van der Waals surface area contributed by atoms with Crippen LogP contribution in [-0.2, 0) is 6.54 Å². The molecule has 9 heteroatoms. The molecule has 1 aromatic heterocycles. The summed E-state index contributed by atoms with van der Waals surface area (Å²) in [6, 6.07) is 11.7. The predicted octanol–water partition coefficient (Wildman–Crippen LogP) is 5.09. The van der Waals surface area contributed by atoms with E-state index in [0.717, 1.165) is 18.2 Å². The molecule has 152 valence electrons. The number of ether oxygens (including phenoxy) is 1. The lowest BCUT2D eigenvalue weighted by molar-refractivity contribution is -0.383. The average Bonchev–Trinajstić information content (AvgIpc) is 3.08. The third-order valence-electron chi connectivity index (χ3n) is 4.75. The second-order valence-corrected chi connectivity index (χ2v) is 6.47. The second-order valence-electron chi connectivity index (χ2n) is 6.47. The van der Waals surface area contributed by atoms with Gasteiger partial charge in [0.2, 0.25) is 0 Å². The van der Waals surface area contributed by atoms with E-state index in [1.54, 1.807) is 0 Å². The van der Waals surface area contributed by atoms with Crippen LogP contribution in [0.2, 0.25) is 0 Å². The summed E-state index contributed by atoms with van der Waals surface area (Å²) in [5.74, 6) is -2.00. The molecule has 4 rings (SSSR count). The van der Waals surface area contributed by atoms with E-state index >= 15 is 0 Å². The minimum Gasteiger partial charge on any atom is -0.497 e. The molecule has 30 heavy (non-hydrogen) atoms. The Hall–Kier alpha value is -3.88. The maximum Gasteiger partial charge on any atom is 0.297 e. The van der Waals surface area contributed by atoms with Crippen LogP contribution < -0.4 is 4.74 Å². The number of non-ortho nitro benzene ring substituents is 1. The van der Waals surface area contributed by atoms with Gasteiger partial charge in [0.25, 0.3) is 5.69 Å². The molecule has 0 saturated carbocycles. The van der Waals surface area contributed by atoms with Crippen LogP contribution >= 0.6 is 0 Å². The van der Waals surface area contributed by atoms with E-state index in [4.69, 9.17) is 4.74 Å². The van der Waals surface area contributed by atoms with Gasteiger partial charge in [-0.2, -0.15) is 0 Å². The van der Waals surface area contributed by atoms with Crippen LogP contribution in [0.25, 0.3) is 22.4 Å². The van der Waals surface area contributed by atoms with Crippen LogP contribution in [0.15, 0.2) is 54.6 Å². The molecule has 0 N–H and O–H groups in total. The molecule has 0 atom stereocenters. The summed E-state index contributed by atoms with van der Waals surface area (Å²) in [5.41, 5.74) is -0.312. The van der Waals surface area contributed by atoms with Crippen molar-refractivity contribution in [2.45, 2.75) is 6.54 Å². The number of nitrogens with zero attached hydrogens (tertiary/aromatic N) is 3. The van der Waals surface area contributed by atoms with Gasteiger partial charge in [0.1, 0.15) is 29.0 Å². The molecule has 6 nitrogen and oxygen atoms in total. The Balaban J connectivity index is 2.00. The predicted molar refractivity (Wildman–Crippen MR) is 104 cm³/mol. The lowest BCUT2D eigenvalue weighted by atomic mass is 10.1. The lowest BCUT2D eigenvalue weighted by Crippen LogP contribution is -2.07. The Morgan fingerprint density at radius 3 is 2.37 bits per heavy atom. The van der Waals surface area contributed by atoms with Gasteiger partial charge in [-0.3, -0.25) is 10.1 Å². The number of nitro groups is 1. The zero-order valence-electron chi connectivity index (χ0n) is 15.6. The number of hydrogen-bond acceptors (Lipinski definition) is 4. The van der Waals surface area contributed by atoms with Crippen molar-refractivity contribution in [3.63, 3.8) is 0 Å². The van der Waals surface area contributed by atoms with Crippen molar-refractivity contribution >= 4 is 16.7 Å². The van der Waals surface area contributed by atoms with Crippen LogP contribution in [0.4, 0.5) is 18.9 Å². The maximum absolute atomic E-state index is 14.8. The van der Waals surface area contributed by atoms with E-state index in [-0.39, 0.29) is 46.0 Å². The molecule has 4 aromatic rings. The Morgan fingerprint density at radius 2 is 1.73 bits per heavy atom. The van der Waals surface area contributed by atoms with Crippen LogP contribution in [0, 0.1) is 27.6 Å². The molecule has 0 fully saturated rings. The topological polar surface area (TPSA) is 70.2 Å². The van der Waals surface area contributed by atoms with Crippen molar-refractivity contribution in [1.29, 1.82) is 0 Å². The molecular formula is C21H14F3N3O3. The van der Waals surface area contributed by atoms with Gasteiger partial charge >= 0.3 is 0 Å². The number of rotatable bonds is 5. The highest BCUT2D eigenvalue weighted by Crippen LogP contribution is 2.33. The molecule has 0 radical (unpaired) electrons. The van der Waals surface area contributed by atoms with Crippen LogP contribution in [-0.4, -0.2) is 21.6 Å². The Kier molecular flexibility index (Phi) is 4.86. The average molecular weight is 413 g/mol. The number of fused-ring (bicyclic) bond motifs is 1. The van der Waals surface area contributed by atoms with Crippen LogP contribution in [0.5, 0.6) is 5.75 Å². The number of aromatic nitrogens is 2. The van der Waals surface area contributed by atoms with Crippen molar-refractivity contribution in [2.75, 3.05) is 7.11 Å². The number of halogens is 3. The zero-order valence-corrected chi connectivity index (χ0v) is 15.6. The summed E-state index contributed by atoms with van der Waals surface area (Å²) >= 11 is 0. The highest BCUT2D eigenvalue weighted by Gasteiger charge is 2.23. The summed E-state index contributed by atoms with van der Waals surface area (Å²) in [6.45, 7) is -0.336. The van der Waals surface area contributed by atoms with Crippen LogP contribution in [0.3, 0.4) is 0 Å². The Labute approximate surface area is 168 Å². The van der Waals surface area contributed by atoms with Gasteiger partial charge in [-0.05, 0) is 30.3 Å². The van der Waals surface area contributed by atoms with E-state index in [1.807, 2.05) is 0 Å². The van der Waals surface area contributed by atoms with E-state index in [0.29, 0.717) is 0 Å². The van der Waals surface area contributed by atoms with Gasteiger partial charge in [-0.1, -0.05) is 12.1 Å². The summed E-state index contributed by atoms with van der Waals surface area (Å²) in [4.78, 5) is 15.1. The van der Waals surface area contributed by atoms with E-state index < -0.39 is 22.4 Å². The van der Waals surface area contributed by atoms with E-state index in [2.05, 4.69) is 4.98 Å². The minimum absolute atomic E-state index is 0.00195. The molecule has 0 unspecified atom stereocenters. The Bertz CT molecular complexity index is 1270.